The van der Waals surface area contributed by atoms with Crippen molar-refractivity contribution in [2.45, 2.75) is 0 Å². The predicted molar refractivity (Wildman–Crippen MR) is 79.8 cm³/mol. The van der Waals surface area contributed by atoms with Gasteiger partial charge in [0.05, 0.1) is 17.3 Å². The largest absolute Gasteiger partial charge is 0.495 e. The average Bonchev–Trinajstić information content (AvgIpc) is 2.48. The topological polar surface area (TPSA) is 29.5 Å². The molecule has 3 nitrogen and oxygen atoms in total. The van der Waals surface area contributed by atoms with Crippen molar-refractivity contribution in [3.05, 3.63) is 58.3 Å². The molecule has 5 heteroatoms. The van der Waals surface area contributed by atoms with Crippen molar-refractivity contribution in [2.24, 2.45) is 0 Å². The molecule has 0 aliphatic carbocycles. The maximum atomic E-state index is 13.2. The molecule has 0 N–H and O–H groups in total. The molecule has 1 amide bonds. The molecule has 0 saturated carbocycles. The fraction of sp³-hybridized carbons (Fsp3) is 0.133. The number of anilines is 1. The van der Waals surface area contributed by atoms with Gasteiger partial charge in [-0.2, -0.15) is 0 Å². The predicted octanol–water partition coefficient (Wildman–Crippen LogP) is 3.87. The number of nitrogens with zero attached hydrogens (tertiary/aromatic N) is 1. The van der Waals surface area contributed by atoms with E-state index in [1.807, 2.05) is 12.1 Å². The van der Waals surface area contributed by atoms with E-state index in [1.165, 1.54) is 23.1 Å². The Balaban J connectivity index is 2.34. The Bertz CT molecular complexity index is 646. The Morgan fingerprint density at radius 3 is 2.60 bits per heavy atom. The van der Waals surface area contributed by atoms with Crippen molar-refractivity contribution in [3.8, 4) is 5.75 Å². The third-order valence-corrected chi connectivity index (χ3v) is 3.53. The first-order valence-corrected chi connectivity index (χ1v) is 6.70. The van der Waals surface area contributed by atoms with E-state index < -0.39 is 5.82 Å². The van der Waals surface area contributed by atoms with Gasteiger partial charge in [-0.25, -0.2) is 4.39 Å². The third kappa shape index (κ3) is 2.82. The Labute approximate surface area is 125 Å². The minimum absolute atomic E-state index is 0.241. The summed E-state index contributed by atoms with van der Waals surface area (Å²) in [5.74, 6) is -0.0405. The molecule has 0 spiro atoms. The highest BCUT2D eigenvalue weighted by Crippen LogP contribution is 2.28. The van der Waals surface area contributed by atoms with Gasteiger partial charge in [-0.1, -0.05) is 12.1 Å². The fourth-order valence-electron chi connectivity index (χ4n) is 1.84. The number of rotatable bonds is 3. The SMILES string of the molecule is COc1ccccc1N(C)C(=O)c1ccc(F)c(Br)c1. The third-order valence-electron chi connectivity index (χ3n) is 2.92. The Kier molecular flexibility index (Phi) is 4.39. The number of ether oxygens (including phenoxy) is 1. The van der Waals surface area contributed by atoms with Gasteiger partial charge in [0.2, 0.25) is 0 Å². The molecular weight excluding hydrogens is 325 g/mol. The summed E-state index contributed by atoms with van der Waals surface area (Å²) in [6.45, 7) is 0. The number of halogens is 2. The molecule has 0 unspecified atom stereocenters. The molecule has 20 heavy (non-hydrogen) atoms. The summed E-state index contributed by atoms with van der Waals surface area (Å²) in [4.78, 5) is 13.9. The molecule has 0 radical (unpaired) electrons. The lowest BCUT2D eigenvalue weighted by Gasteiger charge is -2.20. The van der Waals surface area contributed by atoms with Gasteiger partial charge >= 0.3 is 0 Å². The Morgan fingerprint density at radius 1 is 1.25 bits per heavy atom. The molecule has 0 heterocycles. The van der Waals surface area contributed by atoms with Crippen LogP contribution in [-0.4, -0.2) is 20.1 Å². The van der Waals surface area contributed by atoms with E-state index in [0.717, 1.165) is 0 Å². The van der Waals surface area contributed by atoms with Crippen LogP contribution in [0.3, 0.4) is 0 Å². The van der Waals surface area contributed by atoms with Crippen molar-refractivity contribution >= 4 is 27.5 Å². The maximum Gasteiger partial charge on any atom is 0.258 e. The number of hydrogen-bond acceptors (Lipinski definition) is 2. The molecule has 104 valence electrons. The highest BCUT2D eigenvalue weighted by atomic mass is 79.9. The van der Waals surface area contributed by atoms with Crippen LogP contribution in [0.15, 0.2) is 46.9 Å². The van der Waals surface area contributed by atoms with E-state index >= 15 is 0 Å². The lowest BCUT2D eigenvalue weighted by molar-refractivity contribution is 0.0992. The summed E-state index contributed by atoms with van der Waals surface area (Å²) in [6, 6.07) is 11.4. The summed E-state index contributed by atoms with van der Waals surface area (Å²) in [5.41, 5.74) is 1.05. The van der Waals surface area contributed by atoms with Crippen LogP contribution in [0, 0.1) is 5.82 Å². The van der Waals surface area contributed by atoms with Crippen molar-refractivity contribution in [1.29, 1.82) is 0 Å². The van der Waals surface area contributed by atoms with E-state index in [1.54, 1.807) is 26.3 Å². The lowest BCUT2D eigenvalue weighted by Crippen LogP contribution is -2.26. The number of amides is 1. The van der Waals surface area contributed by atoms with Crippen LogP contribution >= 0.6 is 15.9 Å². The van der Waals surface area contributed by atoms with Crippen molar-refractivity contribution in [3.63, 3.8) is 0 Å². The van der Waals surface area contributed by atoms with E-state index in [9.17, 15) is 9.18 Å². The van der Waals surface area contributed by atoms with Crippen LogP contribution in [0.5, 0.6) is 5.75 Å². The first-order valence-electron chi connectivity index (χ1n) is 5.90. The summed E-state index contributed by atoms with van der Waals surface area (Å²) in [5, 5.41) is 0. The summed E-state index contributed by atoms with van der Waals surface area (Å²) in [6.07, 6.45) is 0. The number of para-hydroxylation sites is 2. The van der Waals surface area contributed by atoms with Gasteiger partial charge < -0.3 is 9.64 Å². The number of hydrogen-bond donors (Lipinski definition) is 0. The molecule has 0 aliphatic rings. The molecule has 2 aromatic carbocycles. The van der Waals surface area contributed by atoms with E-state index in [4.69, 9.17) is 4.74 Å². The average molecular weight is 338 g/mol. The van der Waals surface area contributed by atoms with Crippen molar-refractivity contribution in [1.82, 2.24) is 0 Å². The van der Waals surface area contributed by atoms with Crippen LogP contribution in [-0.2, 0) is 0 Å². The summed E-state index contributed by atoms with van der Waals surface area (Å²) < 4.78 is 18.7. The maximum absolute atomic E-state index is 13.2. The highest BCUT2D eigenvalue weighted by Gasteiger charge is 2.17. The smallest absolute Gasteiger partial charge is 0.258 e. The zero-order valence-electron chi connectivity index (χ0n) is 11.1. The molecule has 2 aromatic rings. The van der Waals surface area contributed by atoms with Crippen LogP contribution in [0.2, 0.25) is 0 Å². The molecule has 0 atom stereocenters. The van der Waals surface area contributed by atoms with Gasteiger partial charge in [0.25, 0.3) is 5.91 Å². The van der Waals surface area contributed by atoms with Gasteiger partial charge in [0.1, 0.15) is 11.6 Å². The van der Waals surface area contributed by atoms with Gasteiger partial charge in [-0.3, -0.25) is 4.79 Å². The second-order valence-electron chi connectivity index (χ2n) is 4.16. The molecule has 0 saturated heterocycles. The van der Waals surface area contributed by atoms with Gasteiger partial charge in [0.15, 0.2) is 0 Å². The Morgan fingerprint density at radius 2 is 1.95 bits per heavy atom. The van der Waals surface area contributed by atoms with Crippen LogP contribution < -0.4 is 9.64 Å². The second kappa shape index (κ2) is 6.05. The van der Waals surface area contributed by atoms with Crippen LogP contribution in [0.4, 0.5) is 10.1 Å². The first kappa shape index (κ1) is 14.5. The fourth-order valence-corrected chi connectivity index (χ4v) is 2.22. The highest BCUT2D eigenvalue weighted by molar-refractivity contribution is 9.10. The zero-order chi connectivity index (χ0) is 14.7. The minimum Gasteiger partial charge on any atom is -0.495 e. The summed E-state index contributed by atoms with van der Waals surface area (Å²) >= 11 is 3.08. The molecule has 0 aromatic heterocycles. The van der Waals surface area contributed by atoms with Crippen LogP contribution in [0.25, 0.3) is 0 Å². The van der Waals surface area contributed by atoms with E-state index in [0.29, 0.717) is 17.0 Å². The van der Waals surface area contributed by atoms with Crippen molar-refractivity contribution in [2.75, 3.05) is 19.1 Å². The van der Waals surface area contributed by atoms with Crippen LogP contribution in [0.1, 0.15) is 10.4 Å². The number of benzene rings is 2. The zero-order valence-corrected chi connectivity index (χ0v) is 12.6. The monoisotopic (exact) mass is 337 g/mol. The molecule has 0 bridgehead atoms. The van der Waals surface area contributed by atoms with E-state index in [-0.39, 0.29) is 10.4 Å². The quantitative estimate of drug-likeness (QED) is 0.850. The molecule has 2 rings (SSSR count). The minimum atomic E-state index is -0.401. The molecule has 0 aliphatic heterocycles. The standard InChI is InChI=1S/C15H13BrFNO2/c1-18(13-5-3-4-6-14(13)20-2)15(19)10-7-8-12(17)11(16)9-10/h3-9H,1-2H3. The van der Waals surface area contributed by atoms with Crippen molar-refractivity contribution < 1.29 is 13.9 Å². The lowest BCUT2D eigenvalue weighted by atomic mass is 10.2. The first-order chi connectivity index (χ1) is 9.54. The van der Waals surface area contributed by atoms with Gasteiger partial charge in [-0.05, 0) is 46.3 Å². The van der Waals surface area contributed by atoms with E-state index in [2.05, 4.69) is 15.9 Å². The molecule has 0 fully saturated rings. The summed E-state index contributed by atoms with van der Waals surface area (Å²) in [7, 11) is 3.20. The normalized spacial score (nSPS) is 10.2. The molecular formula is C15H13BrFNO2. The second-order valence-corrected chi connectivity index (χ2v) is 5.02. The number of carbonyl (C=O) groups excluding carboxylic acids is 1. The number of methoxy groups -OCH3 is 1. The number of carbonyl (C=O) groups is 1. The van der Waals surface area contributed by atoms with Gasteiger partial charge in [-0.15, -0.1) is 0 Å². The van der Waals surface area contributed by atoms with Gasteiger partial charge in [0, 0.05) is 12.6 Å². The Hall–Kier alpha value is -1.88.